The van der Waals surface area contributed by atoms with Gasteiger partial charge in [0.2, 0.25) is 5.91 Å². The summed E-state index contributed by atoms with van der Waals surface area (Å²) < 4.78 is 1.81. The lowest BCUT2D eigenvalue weighted by Crippen LogP contribution is -2.14. The third-order valence-corrected chi connectivity index (χ3v) is 2.08. The van der Waals surface area contributed by atoms with Gasteiger partial charge in [-0.1, -0.05) is 11.9 Å². The maximum absolute atomic E-state index is 10.7. The average molecular weight is 131 g/mol. The van der Waals surface area contributed by atoms with Crippen molar-refractivity contribution in [3.63, 3.8) is 0 Å². The Hall–Kier alpha value is -0.180. The lowest BCUT2D eigenvalue weighted by atomic mass is 10.4. The van der Waals surface area contributed by atoms with E-state index in [0.717, 1.165) is 19.4 Å². The molecule has 0 spiro atoms. The number of carbonyl (C=O) groups excluding carboxylic acids is 1. The van der Waals surface area contributed by atoms with E-state index in [9.17, 15) is 4.79 Å². The predicted octanol–water partition coefficient (Wildman–Crippen LogP) is 0.887. The lowest BCUT2D eigenvalue weighted by Gasteiger charge is -2.08. The molecule has 0 aliphatic carbocycles. The Labute approximate surface area is 53.4 Å². The van der Waals surface area contributed by atoms with Gasteiger partial charge in [-0.2, -0.15) is 0 Å². The van der Waals surface area contributed by atoms with Gasteiger partial charge >= 0.3 is 0 Å². The van der Waals surface area contributed by atoms with Crippen LogP contribution >= 0.6 is 11.9 Å². The van der Waals surface area contributed by atoms with Crippen LogP contribution in [0.15, 0.2) is 0 Å². The molecule has 8 heavy (non-hydrogen) atoms. The second kappa shape index (κ2) is 2.40. The summed E-state index contributed by atoms with van der Waals surface area (Å²) in [6, 6.07) is 0. The maximum atomic E-state index is 10.7. The van der Waals surface area contributed by atoms with Crippen LogP contribution in [0.25, 0.3) is 0 Å². The standard InChI is InChI=1S/C5H9NOS/c1-8-6-4-2-3-5(6)7/h2-4H2,1H3. The Morgan fingerprint density at radius 1 is 1.75 bits per heavy atom. The molecule has 3 heteroatoms. The quantitative estimate of drug-likeness (QED) is 0.492. The highest BCUT2D eigenvalue weighted by molar-refractivity contribution is 7.96. The SMILES string of the molecule is CSN1CCCC1=O. The van der Waals surface area contributed by atoms with Gasteiger partial charge in [0.15, 0.2) is 0 Å². The zero-order valence-corrected chi connectivity index (χ0v) is 5.70. The molecule has 1 amide bonds. The number of amides is 1. The minimum atomic E-state index is 0.289. The first-order valence-corrected chi connectivity index (χ1v) is 3.87. The molecule has 0 atom stereocenters. The fourth-order valence-corrected chi connectivity index (χ4v) is 1.42. The first kappa shape index (κ1) is 5.95. The van der Waals surface area contributed by atoms with E-state index in [0.29, 0.717) is 0 Å². The summed E-state index contributed by atoms with van der Waals surface area (Å²) in [4.78, 5) is 10.7. The fourth-order valence-electron chi connectivity index (χ4n) is 0.816. The van der Waals surface area contributed by atoms with E-state index in [4.69, 9.17) is 0 Å². The van der Waals surface area contributed by atoms with Crippen molar-refractivity contribution in [2.75, 3.05) is 12.8 Å². The minimum absolute atomic E-state index is 0.289. The van der Waals surface area contributed by atoms with Crippen LogP contribution in [0.5, 0.6) is 0 Å². The van der Waals surface area contributed by atoms with Gasteiger partial charge in [0, 0.05) is 19.2 Å². The van der Waals surface area contributed by atoms with Crippen molar-refractivity contribution < 1.29 is 4.79 Å². The molecule has 0 aromatic rings. The van der Waals surface area contributed by atoms with Gasteiger partial charge in [-0.15, -0.1) is 0 Å². The molecule has 0 N–H and O–H groups in total. The molecule has 0 saturated carbocycles. The Balaban J connectivity index is 2.42. The van der Waals surface area contributed by atoms with Gasteiger partial charge < -0.3 is 0 Å². The minimum Gasteiger partial charge on any atom is -0.287 e. The highest BCUT2D eigenvalue weighted by Gasteiger charge is 2.18. The second-order valence-electron chi connectivity index (χ2n) is 1.78. The molecule has 1 heterocycles. The van der Waals surface area contributed by atoms with Crippen molar-refractivity contribution in [2.24, 2.45) is 0 Å². The van der Waals surface area contributed by atoms with Gasteiger partial charge in [-0.25, -0.2) is 0 Å². The summed E-state index contributed by atoms with van der Waals surface area (Å²) in [6.45, 7) is 0.944. The van der Waals surface area contributed by atoms with Gasteiger partial charge in [0.1, 0.15) is 0 Å². The summed E-state index contributed by atoms with van der Waals surface area (Å²) in [7, 11) is 0. The molecular formula is C5H9NOS. The van der Waals surface area contributed by atoms with Gasteiger partial charge in [0.05, 0.1) is 0 Å². The number of hydrogen-bond acceptors (Lipinski definition) is 2. The molecule has 1 fully saturated rings. The molecule has 2 nitrogen and oxygen atoms in total. The van der Waals surface area contributed by atoms with Gasteiger partial charge in [0.25, 0.3) is 0 Å². The zero-order chi connectivity index (χ0) is 5.98. The summed E-state index contributed by atoms with van der Waals surface area (Å²) in [6.07, 6.45) is 3.73. The molecule has 1 saturated heterocycles. The summed E-state index contributed by atoms with van der Waals surface area (Å²) in [5.41, 5.74) is 0. The molecule has 0 aromatic heterocycles. The van der Waals surface area contributed by atoms with Crippen molar-refractivity contribution in [1.29, 1.82) is 0 Å². The monoisotopic (exact) mass is 131 g/mol. The van der Waals surface area contributed by atoms with Crippen molar-refractivity contribution in [3.05, 3.63) is 0 Å². The van der Waals surface area contributed by atoms with E-state index in [2.05, 4.69) is 0 Å². The molecule has 0 bridgehead atoms. The molecule has 46 valence electrons. The molecule has 1 aliphatic heterocycles. The highest BCUT2D eigenvalue weighted by Crippen LogP contribution is 2.16. The first-order chi connectivity index (χ1) is 3.84. The molecular weight excluding hydrogens is 122 g/mol. The second-order valence-corrected chi connectivity index (χ2v) is 2.59. The number of hydrogen-bond donors (Lipinski definition) is 0. The van der Waals surface area contributed by atoms with Crippen molar-refractivity contribution in [1.82, 2.24) is 4.31 Å². The average Bonchev–Trinajstić information content (AvgIpc) is 2.14. The summed E-state index contributed by atoms with van der Waals surface area (Å²) in [5.74, 6) is 0.289. The predicted molar refractivity (Wildman–Crippen MR) is 34.5 cm³/mol. The van der Waals surface area contributed by atoms with Crippen molar-refractivity contribution in [2.45, 2.75) is 12.8 Å². The summed E-state index contributed by atoms with van der Waals surface area (Å²) in [5, 5.41) is 0. The van der Waals surface area contributed by atoms with Crippen LogP contribution < -0.4 is 0 Å². The Morgan fingerprint density at radius 2 is 2.50 bits per heavy atom. The van der Waals surface area contributed by atoms with Crippen LogP contribution in [0, 0.1) is 0 Å². The largest absolute Gasteiger partial charge is 0.287 e. The first-order valence-electron chi connectivity index (χ1n) is 2.69. The molecule has 1 aliphatic rings. The highest BCUT2D eigenvalue weighted by atomic mass is 32.2. The van der Waals surface area contributed by atoms with E-state index in [1.807, 2.05) is 6.26 Å². The fraction of sp³-hybridized carbons (Fsp3) is 0.800. The van der Waals surface area contributed by atoms with E-state index in [1.165, 1.54) is 11.9 Å². The molecule has 0 radical (unpaired) electrons. The van der Waals surface area contributed by atoms with Crippen LogP contribution in [0.3, 0.4) is 0 Å². The van der Waals surface area contributed by atoms with Crippen LogP contribution in [0.4, 0.5) is 0 Å². The van der Waals surface area contributed by atoms with Gasteiger partial charge in [-0.05, 0) is 6.42 Å². The Kier molecular flexibility index (Phi) is 1.78. The van der Waals surface area contributed by atoms with E-state index in [1.54, 1.807) is 4.31 Å². The molecule has 0 aromatic carbocycles. The van der Waals surface area contributed by atoms with E-state index >= 15 is 0 Å². The summed E-state index contributed by atoms with van der Waals surface area (Å²) >= 11 is 1.52. The number of rotatable bonds is 1. The zero-order valence-electron chi connectivity index (χ0n) is 4.89. The van der Waals surface area contributed by atoms with Crippen molar-refractivity contribution in [3.8, 4) is 0 Å². The van der Waals surface area contributed by atoms with Gasteiger partial charge in [-0.3, -0.25) is 9.10 Å². The van der Waals surface area contributed by atoms with Crippen LogP contribution in [-0.4, -0.2) is 23.0 Å². The van der Waals surface area contributed by atoms with Crippen LogP contribution in [-0.2, 0) is 4.79 Å². The number of nitrogens with zero attached hydrogens (tertiary/aromatic N) is 1. The normalized spacial score (nSPS) is 20.1. The molecule has 1 rings (SSSR count). The third-order valence-electron chi connectivity index (χ3n) is 1.25. The van der Waals surface area contributed by atoms with Crippen molar-refractivity contribution >= 4 is 17.9 Å². The lowest BCUT2D eigenvalue weighted by molar-refractivity contribution is -0.123. The number of carbonyl (C=O) groups is 1. The Morgan fingerprint density at radius 3 is 2.75 bits per heavy atom. The Bertz CT molecular complexity index is 105. The topological polar surface area (TPSA) is 20.3 Å². The van der Waals surface area contributed by atoms with E-state index < -0.39 is 0 Å². The smallest absolute Gasteiger partial charge is 0.232 e. The van der Waals surface area contributed by atoms with Crippen LogP contribution in [0.1, 0.15) is 12.8 Å². The molecule has 0 unspecified atom stereocenters. The maximum Gasteiger partial charge on any atom is 0.232 e. The van der Waals surface area contributed by atoms with E-state index in [-0.39, 0.29) is 5.91 Å². The van der Waals surface area contributed by atoms with Crippen LogP contribution in [0.2, 0.25) is 0 Å². The third kappa shape index (κ3) is 0.968.